The molecule has 0 aromatic rings. The molecule has 15 heavy (non-hydrogen) atoms. The van der Waals surface area contributed by atoms with Gasteiger partial charge in [0.1, 0.15) is 6.04 Å². The molecule has 5 heteroatoms. The molecule has 0 aromatic carbocycles. The van der Waals surface area contributed by atoms with E-state index in [0.717, 1.165) is 6.54 Å². The van der Waals surface area contributed by atoms with Crippen LogP contribution in [0.15, 0.2) is 0 Å². The van der Waals surface area contributed by atoms with Crippen LogP contribution in [-0.2, 0) is 4.79 Å². The van der Waals surface area contributed by atoms with Crippen molar-refractivity contribution in [1.29, 1.82) is 0 Å². The van der Waals surface area contributed by atoms with Crippen LogP contribution in [0.2, 0.25) is 0 Å². The Balaban J connectivity index is 4.07. The Kier molecular flexibility index (Phi) is 6.24. The van der Waals surface area contributed by atoms with Gasteiger partial charge in [-0.05, 0) is 24.1 Å². The van der Waals surface area contributed by atoms with Crippen molar-refractivity contribution >= 4 is 23.2 Å². The molecule has 0 aliphatic carbocycles. The maximum atomic E-state index is 11.1. The monoisotopic (exact) mass is 231 g/mol. The molecule has 1 amide bonds. The molecule has 0 rings (SSSR count). The van der Waals surface area contributed by atoms with E-state index >= 15 is 0 Å². The molecule has 88 valence electrons. The number of thiocarbonyl (C=S) groups is 1. The molecule has 0 saturated heterocycles. The summed E-state index contributed by atoms with van der Waals surface area (Å²) in [5.41, 5.74) is 5.25. The largest absolute Gasteiger partial charge is 0.368 e. The number of hydrogen-bond acceptors (Lipinski definition) is 2. The lowest BCUT2D eigenvalue weighted by atomic mass is 10.0. The lowest BCUT2D eigenvalue weighted by molar-refractivity contribution is -0.120. The van der Waals surface area contributed by atoms with Gasteiger partial charge in [0, 0.05) is 6.54 Å². The van der Waals surface area contributed by atoms with Gasteiger partial charge in [0.25, 0.3) is 0 Å². The first-order valence-electron chi connectivity index (χ1n) is 5.18. The van der Waals surface area contributed by atoms with E-state index in [1.165, 1.54) is 0 Å². The highest BCUT2D eigenvalue weighted by molar-refractivity contribution is 7.80. The molecule has 4 nitrogen and oxygen atoms in total. The lowest BCUT2D eigenvalue weighted by Gasteiger charge is -2.21. The summed E-state index contributed by atoms with van der Waals surface area (Å²) < 4.78 is 0. The summed E-state index contributed by atoms with van der Waals surface area (Å²) in [5, 5.41) is 6.44. The Morgan fingerprint density at radius 2 is 1.87 bits per heavy atom. The second kappa shape index (κ2) is 6.61. The van der Waals surface area contributed by atoms with Crippen molar-refractivity contribution in [2.75, 3.05) is 6.54 Å². The highest BCUT2D eigenvalue weighted by Gasteiger charge is 2.19. The fourth-order valence-electron chi connectivity index (χ4n) is 1.06. The number of hydrogen-bond donors (Lipinski definition) is 3. The van der Waals surface area contributed by atoms with Crippen LogP contribution in [0.5, 0.6) is 0 Å². The van der Waals surface area contributed by atoms with Crippen LogP contribution in [0, 0.1) is 11.8 Å². The quantitative estimate of drug-likeness (QED) is 0.607. The van der Waals surface area contributed by atoms with Gasteiger partial charge in [-0.2, -0.15) is 0 Å². The Morgan fingerprint density at radius 1 is 1.33 bits per heavy atom. The van der Waals surface area contributed by atoms with Crippen LogP contribution >= 0.6 is 12.2 Å². The summed E-state index contributed by atoms with van der Waals surface area (Å²) in [7, 11) is 0. The topological polar surface area (TPSA) is 67.2 Å². The van der Waals surface area contributed by atoms with Gasteiger partial charge in [0.05, 0.1) is 0 Å². The highest BCUT2D eigenvalue weighted by atomic mass is 32.1. The molecule has 0 aliphatic rings. The van der Waals surface area contributed by atoms with Gasteiger partial charge >= 0.3 is 0 Å². The van der Waals surface area contributed by atoms with Crippen molar-refractivity contribution in [2.45, 2.75) is 33.7 Å². The maximum Gasteiger partial charge on any atom is 0.240 e. The Morgan fingerprint density at radius 3 is 2.20 bits per heavy atom. The third-order valence-electron chi connectivity index (χ3n) is 1.93. The summed E-state index contributed by atoms with van der Waals surface area (Å²) in [5.74, 6) is 0.260. The van der Waals surface area contributed by atoms with Crippen LogP contribution in [0.4, 0.5) is 0 Å². The summed E-state index contributed by atoms with van der Waals surface area (Å²) in [6, 6.07) is -0.405. The Hall–Kier alpha value is -0.840. The molecular weight excluding hydrogens is 210 g/mol. The first-order valence-corrected chi connectivity index (χ1v) is 5.59. The summed E-state index contributed by atoms with van der Waals surface area (Å²) >= 11 is 5.06. The summed E-state index contributed by atoms with van der Waals surface area (Å²) in [4.78, 5) is 11.1. The zero-order valence-electron chi connectivity index (χ0n) is 9.83. The van der Waals surface area contributed by atoms with Gasteiger partial charge in [-0.15, -0.1) is 0 Å². The lowest BCUT2D eigenvalue weighted by Crippen LogP contribution is -2.51. The normalized spacial score (nSPS) is 12.7. The molecule has 0 radical (unpaired) electrons. The number of carbonyl (C=O) groups excluding carboxylic acids is 1. The van der Waals surface area contributed by atoms with Crippen LogP contribution in [0.25, 0.3) is 0 Å². The Labute approximate surface area is 97.0 Å². The minimum Gasteiger partial charge on any atom is -0.368 e. The third kappa shape index (κ3) is 6.28. The predicted molar refractivity (Wildman–Crippen MR) is 66.4 cm³/mol. The van der Waals surface area contributed by atoms with Crippen molar-refractivity contribution in [1.82, 2.24) is 10.6 Å². The second-order valence-corrected chi connectivity index (χ2v) is 4.78. The van der Waals surface area contributed by atoms with E-state index in [-0.39, 0.29) is 11.8 Å². The van der Waals surface area contributed by atoms with E-state index in [0.29, 0.717) is 11.0 Å². The number of nitrogens with two attached hydrogens (primary N) is 1. The van der Waals surface area contributed by atoms with E-state index in [2.05, 4.69) is 24.5 Å². The number of rotatable bonds is 5. The van der Waals surface area contributed by atoms with Crippen molar-refractivity contribution < 1.29 is 4.79 Å². The van der Waals surface area contributed by atoms with Crippen LogP contribution in [0.3, 0.4) is 0 Å². The molecule has 0 spiro atoms. The van der Waals surface area contributed by atoms with E-state index in [9.17, 15) is 4.79 Å². The number of nitrogens with one attached hydrogen (secondary N) is 2. The predicted octanol–water partition coefficient (Wildman–Crippen LogP) is 0.616. The first kappa shape index (κ1) is 14.2. The van der Waals surface area contributed by atoms with Gasteiger partial charge in [0.2, 0.25) is 5.91 Å². The maximum absolute atomic E-state index is 11.1. The van der Waals surface area contributed by atoms with Crippen molar-refractivity contribution in [3.63, 3.8) is 0 Å². The fraction of sp³-hybridized carbons (Fsp3) is 0.800. The molecule has 0 bridgehead atoms. The number of amides is 1. The molecule has 4 N–H and O–H groups in total. The van der Waals surface area contributed by atoms with Gasteiger partial charge in [-0.3, -0.25) is 4.79 Å². The summed E-state index contributed by atoms with van der Waals surface area (Å²) in [6.45, 7) is 8.81. The summed E-state index contributed by atoms with van der Waals surface area (Å²) in [6.07, 6.45) is 0. The van der Waals surface area contributed by atoms with Crippen molar-refractivity contribution in [3.8, 4) is 0 Å². The standard InChI is InChI=1S/C10H21N3OS/c1-6(2)5-12-10(15)13-8(7(3)4)9(11)14/h6-8H,5H2,1-4H3,(H2,11,14)(H2,12,13,15). The van der Waals surface area contributed by atoms with Crippen LogP contribution in [-0.4, -0.2) is 23.6 Å². The average Bonchev–Trinajstić information content (AvgIpc) is 2.09. The zero-order valence-corrected chi connectivity index (χ0v) is 10.6. The average molecular weight is 231 g/mol. The first-order chi connectivity index (χ1) is 6.84. The number of primary amides is 1. The smallest absolute Gasteiger partial charge is 0.240 e. The second-order valence-electron chi connectivity index (χ2n) is 4.37. The molecule has 1 unspecified atom stereocenters. The van der Waals surface area contributed by atoms with Gasteiger partial charge in [-0.25, -0.2) is 0 Å². The van der Waals surface area contributed by atoms with Crippen LogP contribution < -0.4 is 16.4 Å². The van der Waals surface area contributed by atoms with E-state index in [1.807, 2.05) is 13.8 Å². The van der Waals surface area contributed by atoms with Gasteiger partial charge in [0.15, 0.2) is 5.11 Å². The molecule has 1 atom stereocenters. The van der Waals surface area contributed by atoms with Crippen molar-refractivity contribution in [2.24, 2.45) is 17.6 Å². The SMILES string of the molecule is CC(C)CNC(=S)NC(C(N)=O)C(C)C. The fourth-order valence-corrected chi connectivity index (χ4v) is 1.27. The highest BCUT2D eigenvalue weighted by Crippen LogP contribution is 2.00. The van der Waals surface area contributed by atoms with E-state index in [1.54, 1.807) is 0 Å². The molecule has 0 aliphatic heterocycles. The number of carbonyl (C=O) groups is 1. The van der Waals surface area contributed by atoms with Gasteiger partial charge < -0.3 is 16.4 Å². The third-order valence-corrected chi connectivity index (χ3v) is 2.19. The molecule has 0 aromatic heterocycles. The van der Waals surface area contributed by atoms with E-state index in [4.69, 9.17) is 18.0 Å². The Bertz CT molecular complexity index is 229. The minimum absolute atomic E-state index is 0.126. The minimum atomic E-state index is -0.405. The van der Waals surface area contributed by atoms with Gasteiger partial charge in [-0.1, -0.05) is 27.7 Å². The van der Waals surface area contributed by atoms with Crippen LogP contribution in [0.1, 0.15) is 27.7 Å². The molecule has 0 heterocycles. The molecule has 0 fully saturated rings. The molecule has 0 saturated carbocycles. The van der Waals surface area contributed by atoms with Crippen molar-refractivity contribution in [3.05, 3.63) is 0 Å². The van der Waals surface area contributed by atoms with E-state index < -0.39 is 6.04 Å². The molecular formula is C10H21N3OS. The zero-order chi connectivity index (χ0) is 12.0.